The molecule has 6 nitrogen and oxygen atoms in total. The lowest BCUT2D eigenvalue weighted by molar-refractivity contribution is -0.127. The largest absolute Gasteiger partial charge is 0.343 e. The molecule has 110 valence electrons. The van der Waals surface area contributed by atoms with Gasteiger partial charge in [0.1, 0.15) is 5.54 Å². The van der Waals surface area contributed by atoms with E-state index in [1.165, 1.54) is 0 Å². The number of aryl methyl sites for hydroxylation is 1. The molecule has 3 N–H and O–H groups in total. The molecule has 0 radical (unpaired) electrons. The fourth-order valence-corrected chi connectivity index (χ4v) is 3.47. The zero-order valence-electron chi connectivity index (χ0n) is 11.9. The Hall–Kier alpha value is -1.43. The molecule has 3 rings (SSSR count). The third-order valence-corrected chi connectivity index (χ3v) is 4.62. The van der Waals surface area contributed by atoms with E-state index >= 15 is 0 Å². The summed E-state index contributed by atoms with van der Waals surface area (Å²) in [5.74, 6) is 1.31. The Labute approximate surface area is 118 Å². The molecule has 20 heavy (non-hydrogen) atoms. The Kier molecular flexibility index (Phi) is 3.50. The average Bonchev–Trinajstić information content (AvgIpc) is 3.10. The molecule has 0 saturated heterocycles. The predicted octanol–water partition coefficient (Wildman–Crippen LogP) is 1.39. The Morgan fingerprint density at radius 2 is 2.15 bits per heavy atom. The van der Waals surface area contributed by atoms with Crippen LogP contribution in [0.25, 0.3) is 0 Å². The molecular formula is C14H22N4O2. The van der Waals surface area contributed by atoms with Crippen molar-refractivity contribution in [3.8, 4) is 0 Å². The van der Waals surface area contributed by atoms with Gasteiger partial charge in [-0.15, -0.1) is 0 Å². The molecule has 2 aliphatic carbocycles. The van der Waals surface area contributed by atoms with Crippen LogP contribution in [0, 0.1) is 12.8 Å². The van der Waals surface area contributed by atoms with Crippen LogP contribution in [0.15, 0.2) is 4.52 Å². The first-order valence-electron chi connectivity index (χ1n) is 7.47. The lowest BCUT2D eigenvalue weighted by Gasteiger charge is -2.28. The molecular weight excluding hydrogens is 256 g/mol. The Balaban J connectivity index is 1.76. The first-order valence-corrected chi connectivity index (χ1v) is 7.47. The van der Waals surface area contributed by atoms with E-state index in [1.807, 2.05) is 0 Å². The lowest BCUT2D eigenvalue weighted by atomic mass is 9.94. The average molecular weight is 278 g/mol. The standard InChI is InChI=1S/C14H22N4O2/c1-9-16-13(18-20-9)14(6-2-3-7-14)17-12(19)10-4-5-11(15)8-10/h10-11H,2-8,15H2,1H3,(H,17,19). The summed E-state index contributed by atoms with van der Waals surface area (Å²) in [6.45, 7) is 1.77. The van der Waals surface area contributed by atoms with Crippen LogP contribution in [-0.2, 0) is 10.3 Å². The highest BCUT2D eigenvalue weighted by molar-refractivity contribution is 5.80. The molecule has 0 spiro atoms. The van der Waals surface area contributed by atoms with Crippen LogP contribution in [0.3, 0.4) is 0 Å². The second kappa shape index (κ2) is 5.16. The first kappa shape index (κ1) is 13.5. The zero-order chi connectivity index (χ0) is 14.2. The molecule has 2 fully saturated rings. The molecule has 2 saturated carbocycles. The number of carbonyl (C=O) groups excluding carboxylic acids is 1. The van der Waals surface area contributed by atoms with Crippen molar-refractivity contribution in [2.45, 2.75) is 63.5 Å². The monoisotopic (exact) mass is 278 g/mol. The van der Waals surface area contributed by atoms with E-state index in [9.17, 15) is 4.79 Å². The van der Waals surface area contributed by atoms with Crippen molar-refractivity contribution < 1.29 is 9.32 Å². The van der Waals surface area contributed by atoms with E-state index < -0.39 is 5.54 Å². The van der Waals surface area contributed by atoms with Crippen molar-refractivity contribution in [3.63, 3.8) is 0 Å². The maximum atomic E-state index is 12.5. The predicted molar refractivity (Wildman–Crippen MR) is 72.6 cm³/mol. The minimum Gasteiger partial charge on any atom is -0.343 e. The summed E-state index contributed by atoms with van der Waals surface area (Å²) in [7, 11) is 0. The van der Waals surface area contributed by atoms with Gasteiger partial charge in [0, 0.05) is 18.9 Å². The van der Waals surface area contributed by atoms with Crippen LogP contribution in [0.5, 0.6) is 0 Å². The number of aromatic nitrogens is 2. The van der Waals surface area contributed by atoms with E-state index in [0.29, 0.717) is 11.7 Å². The first-order chi connectivity index (χ1) is 9.59. The quantitative estimate of drug-likeness (QED) is 0.871. The van der Waals surface area contributed by atoms with Crippen molar-refractivity contribution in [1.82, 2.24) is 15.5 Å². The minimum absolute atomic E-state index is 0.0375. The molecule has 0 aliphatic heterocycles. The van der Waals surface area contributed by atoms with Gasteiger partial charge < -0.3 is 15.6 Å². The number of rotatable bonds is 3. The number of amides is 1. The Morgan fingerprint density at radius 3 is 2.70 bits per heavy atom. The fraction of sp³-hybridized carbons (Fsp3) is 0.786. The highest BCUT2D eigenvalue weighted by atomic mass is 16.5. The van der Waals surface area contributed by atoms with Crippen molar-refractivity contribution in [1.29, 1.82) is 0 Å². The van der Waals surface area contributed by atoms with Gasteiger partial charge in [-0.2, -0.15) is 4.98 Å². The minimum atomic E-state index is -0.429. The third-order valence-electron chi connectivity index (χ3n) is 4.62. The number of hydrogen-bond donors (Lipinski definition) is 2. The van der Waals surface area contributed by atoms with Crippen LogP contribution in [0.4, 0.5) is 0 Å². The summed E-state index contributed by atoms with van der Waals surface area (Å²) in [4.78, 5) is 16.8. The fourth-order valence-electron chi connectivity index (χ4n) is 3.47. The van der Waals surface area contributed by atoms with E-state index in [2.05, 4.69) is 15.5 Å². The van der Waals surface area contributed by atoms with Gasteiger partial charge in [0.2, 0.25) is 11.8 Å². The highest BCUT2D eigenvalue weighted by Gasteiger charge is 2.42. The molecule has 1 aromatic heterocycles. The summed E-state index contributed by atoms with van der Waals surface area (Å²) < 4.78 is 5.09. The van der Waals surface area contributed by atoms with Crippen molar-refractivity contribution >= 4 is 5.91 Å². The Morgan fingerprint density at radius 1 is 1.40 bits per heavy atom. The van der Waals surface area contributed by atoms with Gasteiger partial charge in [0.15, 0.2) is 5.82 Å². The van der Waals surface area contributed by atoms with E-state index in [4.69, 9.17) is 10.3 Å². The summed E-state index contributed by atoms with van der Waals surface area (Å²) in [6, 6.07) is 0.165. The van der Waals surface area contributed by atoms with Gasteiger partial charge >= 0.3 is 0 Å². The summed E-state index contributed by atoms with van der Waals surface area (Å²) in [5.41, 5.74) is 5.47. The van der Waals surface area contributed by atoms with Crippen LogP contribution in [0.1, 0.15) is 56.7 Å². The van der Waals surface area contributed by atoms with Crippen LogP contribution in [0.2, 0.25) is 0 Å². The summed E-state index contributed by atoms with van der Waals surface area (Å²) in [5, 5.41) is 7.24. The normalized spacial score (nSPS) is 28.7. The van der Waals surface area contributed by atoms with Gasteiger partial charge in [-0.3, -0.25) is 4.79 Å². The molecule has 0 bridgehead atoms. The van der Waals surface area contributed by atoms with Crippen molar-refractivity contribution in [2.75, 3.05) is 0 Å². The topological polar surface area (TPSA) is 94.0 Å². The van der Waals surface area contributed by atoms with Crippen molar-refractivity contribution in [2.24, 2.45) is 11.7 Å². The molecule has 2 atom stereocenters. The number of carbonyl (C=O) groups is 1. The van der Waals surface area contributed by atoms with Gasteiger partial charge in [0.05, 0.1) is 0 Å². The SMILES string of the molecule is Cc1nc(C2(NC(=O)C3CCC(N)C3)CCCC2)no1. The number of nitrogens with one attached hydrogen (secondary N) is 1. The van der Waals surface area contributed by atoms with Gasteiger partial charge in [-0.25, -0.2) is 0 Å². The van der Waals surface area contributed by atoms with E-state index in [0.717, 1.165) is 44.9 Å². The third kappa shape index (κ3) is 2.44. The van der Waals surface area contributed by atoms with Crippen LogP contribution >= 0.6 is 0 Å². The van der Waals surface area contributed by atoms with E-state index in [-0.39, 0.29) is 17.9 Å². The number of nitrogens with zero attached hydrogens (tertiary/aromatic N) is 2. The summed E-state index contributed by atoms with van der Waals surface area (Å²) in [6.07, 6.45) is 6.54. The van der Waals surface area contributed by atoms with Crippen molar-refractivity contribution in [3.05, 3.63) is 11.7 Å². The second-order valence-electron chi connectivity index (χ2n) is 6.19. The molecule has 1 amide bonds. The smallest absolute Gasteiger partial charge is 0.223 e. The second-order valence-corrected chi connectivity index (χ2v) is 6.19. The number of nitrogens with two attached hydrogens (primary N) is 1. The molecule has 6 heteroatoms. The molecule has 0 aromatic carbocycles. The molecule has 2 aliphatic rings. The lowest BCUT2D eigenvalue weighted by Crippen LogP contribution is -2.47. The van der Waals surface area contributed by atoms with E-state index in [1.54, 1.807) is 6.92 Å². The summed E-state index contributed by atoms with van der Waals surface area (Å²) >= 11 is 0. The maximum absolute atomic E-state index is 12.5. The zero-order valence-corrected chi connectivity index (χ0v) is 11.9. The van der Waals surface area contributed by atoms with Gasteiger partial charge in [-0.1, -0.05) is 18.0 Å². The van der Waals surface area contributed by atoms with Crippen LogP contribution in [-0.4, -0.2) is 22.1 Å². The van der Waals surface area contributed by atoms with Crippen LogP contribution < -0.4 is 11.1 Å². The molecule has 1 heterocycles. The van der Waals surface area contributed by atoms with Gasteiger partial charge in [0.25, 0.3) is 0 Å². The highest BCUT2D eigenvalue weighted by Crippen LogP contribution is 2.38. The van der Waals surface area contributed by atoms with Gasteiger partial charge in [-0.05, 0) is 32.1 Å². The maximum Gasteiger partial charge on any atom is 0.223 e. The molecule has 2 unspecified atom stereocenters. The molecule has 1 aromatic rings. The Bertz CT molecular complexity index is 493. The number of hydrogen-bond acceptors (Lipinski definition) is 5.